The highest BCUT2D eigenvalue weighted by Gasteiger charge is 2.27. The number of hydrogen-bond acceptors (Lipinski definition) is 3. The van der Waals surface area contributed by atoms with Gasteiger partial charge in [-0.2, -0.15) is 4.98 Å². The van der Waals surface area contributed by atoms with Crippen molar-refractivity contribution in [1.29, 1.82) is 0 Å². The Morgan fingerprint density at radius 1 is 1.00 bits per heavy atom. The fourth-order valence-electron chi connectivity index (χ4n) is 2.39. The van der Waals surface area contributed by atoms with E-state index in [2.05, 4.69) is 44.1 Å². The summed E-state index contributed by atoms with van der Waals surface area (Å²) in [6.45, 7) is 0. The van der Waals surface area contributed by atoms with E-state index in [1.165, 1.54) is 12.8 Å². The number of aromatic nitrogens is 2. The summed E-state index contributed by atoms with van der Waals surface area (Å²) in [5.41, 5.74) is 0. The normalized spacial score (nSPS) is 14.3. The van der Waals surface area contributed by atoms with Crippen molar-refractivity contribution in [2.45, 2.75) is 18.8 Å². The number of hydrogen-bond donors (Lipinski definition) is 0. The Bertz CT molecular complexity index is 809. The van der Waals surface area contributed by atoms with E-state index in [1.54, 1.807) is 0 Å². The van der Waals surface area contributed by atoms with Crippen molar-refractivity contribution in [3.8, 4) is 11.6 Å². The van der Waals surface area contributed by atoms with Crippen LogP contribution >= 0.6 is 15.9 Å². The summed E-state index contributed by atoms with van der Waals surface area (Å²) in [4.78, 5) is 8.96. The summed E-state index contributed by atoms with van der Waals surface area (Å²) in [6, 6.07) is 16.0. The van der Waals surface area contributed by atoms with Crippen LogP contribution in [-0.4, -0.2) is 9.97 Å². The maximum atomic E-state index is 6.01. The van der Waals surface area contributed by atoms with E-state index in [-0.39, 0.29) is 0 Å². The molecule has 0 saturated heterocycles. The van der Waals surface area contributed by atoms with Gasteiger partial charge in [-0.05, 0) is 40.2 Å². The van der Waals surface area contributed by atoms with E-state index < -0.39 is 0 Å². The lowest BCUT2D eigenvalue weighted by Crippen LogP contribution is -1.96. The first-order valence-electron chi connectivity index (χ1n) is 7.00. The fraction of sp³-hybridized carbons (Fsp3) is 0.176. The number of halogens is 1. The van der Waals surface area contributed by atoms with Crippen LogP contribution in [0.5, 0.6) is 11.6 Å². The Kier molecular flexibility index (Phi) is 3.11. The van der Waals surface area contributed by atoms with Crippen LogP contribution in [-0.2, 0) is 0 Å². The highest BCUT2D eigenvalue weighted by molar-refractivity contribution is 9.10. The van der Waals surface area contributed by atoms with E-state index >= 15 is 0 Å². The standard InChI is InChI=1S/C17H13BrN2O/c18-15-10-16(20-17(19-15)12-8-9-12)21-14-7-3-5-11-4-1-2-6-13(11)14/h1-7,10,12H,8-9H2. The van der Waals surface area contributed by atoms with Gasteiger partial charge in [0.15, 0.2) is 0 Å². The van der Waals surface area contributed by atoms with Gasteiger partial charge >= 0.3 is 0 Å². The first-order chi connectivity index (χ1) is 10.3. The Morgan fingerprint density at radius 2 is 1.81 bits per heavy atom. The molecule has 104 valence electrons. The van der Waals surface area contributed by atoms with E-state index in [4.69, 9.17) is 4.74 Å². The molecule has 0 bridgehead atoms. The molecule has 1 saturated carbocycles. The van der Waals surface area contributed by atoms with Crippen LogP contribution in [0.3, 0.4) is 0 Å². The molecular weight excluding hydrogens is 328 g/mol. The van der Waals surface area contributed by atoms with Crippen LogP contribution in [0.15, 0.2) is 53.1 Å². The second kappa shape index (κ2) is 5.11. The Labute approximate surface area is 131 Å². The van der Waals surface area contributed by atoms with Gasteiger partial charge in [0.2, 0.25) is 5.88 Å². The Hall–Kier alpha value is -1.94. The number of benzene rings is 2. The minimum Gasteiger partial charge on any atom is -0.438 e. The van der Waals surface area contributed by atoms with Crippen molar-refractivity contribution in [1.82, 2.24) is 9.97 Å². The third-order valence-corrected chi connectivity index (χ3v) is 4.00. The summed E-state index contributed by atoms with van der Waals surface area (Å²) in [5, 5.41) is 2.24. The van der Waals surface area contributed by atoms with Gasteiger partial charge in [-0.15, -0.1) is 0 Å². The molecule has 0 aliphatic heterocycles. The van der Waals surface area contributed by atoms with Gasteiger partial charge in [0.25, 0.3) is 0 Å². The lowest BCUT2D eigenvalue weighted by Gasteiger charge is -2.09. The Balaban J connectivity index is 1.74. The summed E-state index contributed by atoms with van der Waals surface area (Å²) in [7, 11) is 0. The van der Waals surface area contributed by atoms with E-state index in [0.717, 1.165) is 26.9 Å². The SMILES string of the molecule is Brc1cc(Oc2cccc3ccccc23)nc(C2CC2)n1. The molecule has 0 N–H and O–H groups in total. The molecule has 3 nitrogen and oxygen atoms in total. The van der Waals surface area contributed by atoms with Crippen LogP contribution in [0.1, 0.15) is 24.6 Å². The summed E-state index contributed by atoms with van der Waals surface area (Å²) >= 11 is 3.44. The summed E-state index contributed by atoms with van der Waals surface area (Å²) in [6.07, 6.45) is 2.34. The molecule has 0 spiro atoms. The molecule has 21 heavy (non-hydrogen) atoms. The predicted octanol–water partition coefficient (Wildman–Crippen LogP) is 5.06. The van der Waals surface area contributed by atoms with Gasteiger partial charge in [-0.1, -0.05) is 36.4 Å². The minimum atomic E-state index is 0.498. The zero-order chi connectivity index (χ0) is 14.2. The van der Waals surface area contributed by atoms with E-state index in [1.807, 2.05) is 30.3 Å². The van der Waals surface area contributed by atoms with Crippen molar-refractivity contribution < 1.29 is 4.74 Å². The molecule has 0 radical (unpaired) electrons. The number of fused-ring (bicyclic) bond motifs is 1. The molecule has 1 aromatic heterocycles. The smallest absolute Gasteiger partial charge is 0.223 e. The monoisotopic (exact) mass is 340 g/mol. The highest BCUT2D eigenvalue weighted by Crippen LogP contribution is 2.39. The van der Waals surface area contributed by atoms with Gasteiger partial charge in [0, 0.05) is 17.4 Å². The molecular formula is C17H13BrN2O. The average molecular weight is 341 g/mol. The second-order valence-corrected chi connectivity index (χ2v) is 6.05. The second-order valence-electron chi connectivity index (χ2n) is 5.24. The van der Waals surface area contributed by atoms with Crippen molar-refractivity contribution in [2.75, 3.05) is 0 Å². The van der Waals surface area contributed by atoms with Gasteiger partial charge < -0.3 is 4.74 Å². The predicted molar refractivity (Wildman–Crippen MR) is 85.7 cm³/mol. The van der Waals surface area contributed by atoms with Crippen LogP contribution in [0.4, 0.5) is 0 Å². The summed E-state index contributed by atoms with van der Waals surface area (Å²) < 4.78 is 6.78. The molecule has 0 atom stereocenters. The number of rotatable bonds is 3. The third kappa shape index (κ3) is 2.63. The number of nitrogens with zero attached hydrogens (tertiary/aromatic N) is 2. The van der Waals surface area contributed by atoms with Crippen LogP contribution in [0.25, 0.3) is 10.8 Å². The minimum absolute atomic E-state index is 0.498. The molecule has 1 aliphatic rings. The molecule has 4 heteroatoms. The van der Waals surface area contributed by atoms with E-state index in [0.29, 0.717) is 11.8 Å². The first-order valence-corrected chi connectivity index (χ1v) is 7.79. The zero-order valence-corrected chi connectivity index (χ0v) is 12.9. The molecule has 2 aromatic carbocycles. The zero-order valence-electron chi connectivity index (χ0n) is 11.3. The maximum absolute atomic E-state index is 6.01. The molecule has 1 fully saturated rings. The first kappa shape index (κ1) is 12.8. The molecule has 1 aliphatic carbocycles. The fourth-order valence-corrected chi connectivity index (χ4v) is 2.77. The summed E-state index contributed by atoms with van der Waals surface area (Å²) in [5.74, 6) is 2.78. The Morgan fingerprint density at radius 3 is 2.67 bits per heavy atom. The lowest BCUT2D eigenvalue weighted by atomic mass is 10.1. The number of ether oxygens (including phenoxy) is 1. The van der Waals surface area contributed by atoms with Crippen LogP contribution in [0, 0.1) is 0 Å². The molecule has 4 rings (SSSR count). The third-order valence-electron chi connectivity index (χ3n) is 3.60. The quantitative estimate of drug-likeness (QED) is 0.625. The maximum Gasteiger partial charge on any atom is 0.223 e. The molecule has 3 aromatic rings. The van der Waals surface area contributed by atoms with Crippen molar-refractivity contribution in [3.63, 3.8) is 0 Å². The van der Waals surface area contributed by atoms with E-state index in [9.17, 15) is 0 Å². The van der Waals surface area contributed by atoms with Crippen LogP contribution < -0.4 is 4.74 Å². The van der Waals surface area contributed by atoms with Gasteiger partial charge in [-0.3, -0.25) is 0 Å². The highest BCUT2D eigenvalue weighted by atomic mass is 79.9. The van der Waals surface area contributed by atoms with Gasteiger partial charge in [0.05, 0.1) is 0 Å². The lowest BCUT2D eigenvalue weighted by molar-refractivity contribution is 0.463. The molecule has 0 amide bonds. The van der Waals surface area contributed by atoms with Gasteiger partial charge in [0.1, 0.15) is 16.2 Å². The van der Waals surface area contributed by atoms with Crippen molar-refractivity contribution in [3.05, 3.63) is 59.0 Å². The molecule has 0 unspecified atom stereocenters. The largest absolute Gasteiger partial charge is 0.438 e. The van der Waals surface area contributed by atoms with Crippen LogP contribution in [0.2, 0.25) is 0 Å². The molecule has 1 heterocycles. The van der Waals surface area contributed by atoms with Crippen molar-refractivity contribution in [2.24, 2.45) is 0 Å². The topological polar surface area (TPSA) is 35.0 Å². The van der Waals surface area contributed by atoms with Gasteiger partial charge in [-0.25, -0.2) is 4.98 Å². The van der Waals surface area contributed by atoms with Crippen molar-refractivity contribution >= 4 is 26.7 Å². The average Bonchev–Trinajstić information content (AvgIpc) is 3.32.